The van der Waals surface area contributed by atoms with E-state index in [9.17, 15) is 0 Å². The maximum atomic E-state index is 5.46. The topological polar surface area (TPSA) is 38.7 Å². The standard InChI is InChI=1S/C24H27N3O2/c1-28-19-6-3-5-18(15-19)17-26-13-10-24(11-14-26)23-7-4-12-27(23)22-9-8-20(29-2)16-21(22)25-24/h3-9,12,15-16,25H,10-11,13-14,17H2,1-2H3. The number of fused-ring (bicyclic) bond motifs is 4. The number of ether oxygens (including phenoxy) is 2. The highest BCUT2D eigenvalue weighted by molar-refractivity contribution is 5.69. The van der Waals surface area contributed by atoms with Gasteiger partial charge in [-0.1, -0.05) is 12.1 Å². The van der Waals surface area contributed by atoms with Crippen LogP contribution in [0.15, 0.2) is 60.8 Å². The van der Waals surface area contributed by atoms with Crippen LogP contribution in [-0.2, 0) is 12.1 Å². The van der Waals surface area contributed by atoms with Gasteiger partial charge in [0.2, 0.25) is 0 Å². The smallest absolute Gasteiger partial charge is 0.121 e. The summed E-state index contributed by atoms with van der Waals surface area (Å²) in [4.78, 5) is 2.54. The van der Waals surface area contributed by atoms with Crippen molar-refractivity contribution >= 4 is 5.69 Å². The molecule has 1 saturated heterocycles. The van der Waals surface area contributed by atoms with E-state index in [4.69, 9.17) is 9.47 Å². The van der Waals surface area contributed by atoms with Crippen molar-refractivity contribution in [1.29, 1.82) is 0 Å². The Morgan fingerprint density at radius 2 is 1.72 bits per heavy atom. The fourth-order valence-electron chi connectivity index (χ4n) is 4.76. The van der Waals surface area contributed by atoms with Crippen molar-refractivity contribution in [2.24, 2.45) is 0 Å². The minimum atomic E-state index is -0.0340. The second-order valence-electron chi connectivity index (χ2n) is 7.98. The van der Waals surface area contributed by atoms with Crippen molar-refractivity contribution in [2.75, 3.05) is 32.6 Å². The molecule has 0 radical (unpaired) electrons. The summed E-state index contributed by atoms with van der Waals surface area (Å²) in [7, 11) is 3.44. The van der Waals surface area contributed by atoms with E-state index in [0.29, 0.717) is 0 Å². The van der Waals surface area contributed by atoms with Gasteiger partial charge in [-0.2, -0.15) is 0 Å². The maximum absolute atomic E-state index is 5.46. The number of benzene rings is 2. The van der Waals surface area contributed by atoms with Crippen LogP contribution in [0.25, 0.3) is 5.69 Å². The zero-order valence-corrected chi connectivity index (χ0v) is 17.0. The van der Waals surface area contributed by atoms with Gasteiger partial charge in [-0.15, -0.1) is 0 Å². The first-order chi connectivity index (χ1) is 14.2. The Morgan fingerprint density at radius 3 is 2.52 bits per heavy atom. The van der Waals surface area contributed by atoms with Gasteiger partial charge in [0.05, 0.1) is 31.1 Å². The third-order valence-corrected chi connectivity index (χ3v) is 6.33. The molecule has 5 nitrogen and oxygen atoms in total. The molecule has 0 saturated carbocycles. The molecule has 2 aliphatic rings. The molecule has 29 heavy (non-hydrogen) atoms. The number of nitrogens with one attached hydrogen (secondary N) is 1. The third-order valence-electron chi connectivity index (χ3n) is 6.33. The molecule has 0 amide bonds. The summed E-state index contributed by atoms with van der Waals surface area (Å²) in [6.45, 7) is 3.06. The van der Waals surface area contributed by atoms with Crippen molar-refractivity contribution in [2.45, 2.75) is 24.9 Å². The first-order valence-corrected chi connectivity index (χ1v) is 10.2. The van der Waals surface area contributed by atoms with Gasteiger partial charge in [0.15, 0.2) is 0 Å². The SMILES string of the molecule is COc1cccc(CN2CCC3(CC2)Nc2cc(OC)ccc2-n2cccc23)c1. The zero-order chi connectivity index (χ0) is 19.8. The predicted molar refractivity (Wildman–Crippen MR) is 115 cm³/mol. The van der Waals surface area contributed by atoms with E-state index in [1.54, 1.807) is 14.2 Å². The van der Waals surface area contributed by atoms with Gasteiger partial charge in [-0.3, -0.25) is 4.90 Å². The molecule has 3 heterocycles. The average Bonchev–Trinajstić information content (AvgIpc) is 3.26. The number of aromatic nitrogens is 1. The monoisotopic (exact) mass is 389 g/mol. The van der Waals surface area contributed by atoms with Gasteiger partial charge in [-0.25, -0.2) is 0 Å². The number of hydrogen-bond acceptors (Lipinski definition) is 4. The lowest BCUT2D eigenvalue weighted by Gasteiger charge is -2.46. The number of rotatable bonds is 4. The number of piperidine rings is 1. The van der Waals surface area contributed by atoms with Crippen LogP contribution in [0.3, 0.4) is 0 Å². The summed E-state index contributed by atoms with van der Waals surface area (Å²) in [5.74, 6) is 1.81. The molecule has 1 fully saturated rings. The van der Waals surface area contributed by atoms with E-state index in [1.807, 2.05) is 12.1 Å². The van der Waals surface area contributed by atoms with Crippen molar-refractivity contribution in [1.82, 2.24) is 9.47 Å². The fraction of sp³-hybridized carbons (Fsp3) is 0.333. The van der Waals surface area contributed by atoms with Gasteiger partial charge in [0.1, 0.15) is 11.5 Å². The molecular formula is C24H27N3O2. The molecular weight excluding hydrogens is 362 g/mol. The molecule has 150 valence electrons. The molecule has 1 N–H and O–H groups in total. The molecule has 1 spiro atoms. The van der Waals surface area contributed by atoms with Crippen LogP contribution in [-0.4, -0.2) is 36.8 Å². The quantitative estimate of drug-likeness (QED) is 0.717. The van der Waals surface area contributed by atoms with Crippen LogP contribution >= 0.6 is 0 Å². The Balaban J connectivity index is 1.37. The molecule has 0 aliphatic carbocycles. The highest BCUT2D eigenvalue weighted by Crippen LogP contribution is 2.44. The molecule has 5 rings (SSSR count). The lowest BCUT2D eigenvalue weighted by Crippen LogP contribution is -2.49. The van der Waals surface area contributed by atoms with E-state index in [-0.39, 0.29) is 5.54 Å². The lowest BCUT2D eigenvalue weighted by molar-refractivity contribution is 0.162. The number of hydrogen-bond donors (Lipinski definition) is 1. The number of anilines is 1. The van der Waals surface area contributed by atoms with Crippen LogP contribution in [0.1, 0.15) is 24.1 Å². The predicted octanol–water partition coefficient (Wildman–Crippen LogP) is 4.41. The minimum Gasteiger partial charge on any atom is -0.497 e. The van der Waals surface area contributed by atoms with Gasteiger partial charge in [-0.05, 0) is 54.8 Å². The van der Waals surface area contributed by atoms with Gasteiger partial charge < -0.3 is 19.4 Å². The molecule has 0 bridgehead atoms. The second kappa shape index (κ2) is 7.16. The largest absolute Gasteiger partial charge is 0.497 e. The van der Waals surface area contributed by atoms with Crippen molar-refractivity contribution in [3.63, 3.8) is 0 Å². The summed E-state index contributed by atoms with van der Waals surface area (Å²) >= 11 is 0. The third kappa shape index (κ3) is 3.15. The van der Waals surface area contributed by atoms with Crippen LogP contribution < -0.4 is 14.8 Å². The molecule has 3 aromatic rings. The second-order valence-corrected chi connectivity index (χ2v) is 7.98. The first kappa shape index (κ1) is 18.1. The van der Waals surface area contributed by atoms with Crippen molar-refractivity contribution in [3.05, 3.63) is 72.1 Å². The summed E-state index contributed by atoms with van der Waals surface area (Å²) < 4.78 is 13.2. The lowest BCUT2D eigenvalue weighted by atomic mass is 9.82. The maximum Gasteiger partial charge on any atom is 0.121 e. The first-order valence-electron chi connectivity index (χ1n) is 10.2. The van der Waals surface area contributed by atoms with E-state index in [2.05, 4.69) is 63.4 Å². The summed E-state index contributed by atoms with van der Waals surface area (Å²) in [5.41, 5.74) is 4.96. The highest BCUT2D eigenvalue weighted by atomic mass is 16.5. The molecule has 5 heteroatoms. The van der Waals surface area contributed by atoms with Crippen LogP contribution in [0, 0.1) is 0 Å². The molecule has 0 unspecified atom stereocenters. The number of likely N-dealkylation sites (tertiary alicyclic amines) is 1. The Morgan fingerprint density at radius 1 is 0.931 bits per heavy atom. The van der Waals surface area contributed by atoms with E-state index < -0.39 is 0 Å². The van der Waals surface area contributed by atoms with Crippen LogP contribution in [0.4, 0.5) is 5.69 Å². The van der Waals surface area contributed by atoms with Gasteiger partial charge in [0.25, 0.3) is 0 Å². The Labute approximate surface area is 171 Å². The Hall–Kier alpha value is -2.92. The van der Waals surface area contributed by atoms with Crippen molar-refractivity contribution < 1.29 is 9.47 Å². The molecule has 1 aromatic heterocycles. The fourth-order valence-corrected chi connectivity index (χ4v) is 4.76. The molecule has 2 aromatic carbocycles. The number of methoxy groups -OCH3 is 2. The average molecular weight is 389 g/mol. The van der Waals surface area contributed by atoms with E-state index >= 15 is 0 Å². The van der Waals surface area contributed by atoms with Crippen LogP contribution in [0.5, 0.6) is 11.5 Å². The Kier molecular flexibility index (Phi) is 4.47. The summed E-state index contributed by atoms with van der Waals surface area (Å²) in [6, 6.07) is 19.1. The summed E-state index contributed by atoms with van der Waals surface area (Å²) in [6.07, 6.45) is 4.31. The van der Waals surface area contributed by atoms with Gasteiger partial charge >= 0.3 is 0 Å². The van der Waals surface area contributed by atoms with E-state index in [0.717, 1.165) is 49.7 Å². The van der Waals surface area contributed by atoms with E-state index in [1.165, 1.54) is 16.9 Å². The Bertz CT molecular complexity index is 1020. The van der Waals surface area contributed by atoms with Gasteiger partial charge in [0, 0.05) is 37.6 Å². The van der Waals surface area contributed by atoms with Crippen molar-refractivity contribution in [3.8, 4) is 17.2 Å². The van der Waals surface area contributed by atoms with Crippen LogP contribution in [0.2, 0.25) is 0 Å². The molecule has 2 aliphatic heterocycles. The molecule has 0 atom stereocenters. The highest BCUT2D eigenvalue weighted by Gasteiger charge is 2.41. The normalized spacial score (nSPS) is 17.3. The summed E-state index contributed by atoms with van der Waals surface area (Å²) in [5, 5.41) is 3.88. The minimum absolute atomic E-state index is 0.0340. The number of nitrogens with zero attached hydrogens (tertiary/aromatic N) is 2. The zero-order valence-electron chi connectivity index (χ0n) is 17.0.